The van der Waals surface area contributed by atoms with Gasteiger partial charge in [0, 0.05) is 18.1 Å². The van der Waals surface area contributed by atoms with Gasteiger partial charge >= 0.3 is 0 Å². The minimum Gasteiger partial charge on any atom is -0.342 e. The number of nitrogens with zero attached hydrogens (tertiary/aromatic N) is 1. The lowest BCUT2D eigenvalue weighted by atomic mass is 9.74. The van der Waals surface area contributed by atoms with Gasteiger partial charge in [-0.15, -0.1) is 12.4 Å². The minimum absolute atomic E-state index is 0. The number of likely N-dealkylation sites (tertiary alicyclic amines) is 1. The third-order valence-electron chi connectivity index (χ3n) is 5.08. The van der Waals surface area contributed by atoms with E-state index in [9.17, 15) is 4.79 Å². The largest absolute Gasteiger partial charge is 0.342 e. The van der Waals surface area contributed by atoms with Gasteiger partial charge in [0.2, 0.25) is 5.91 Å². The van der Waals surface area contributed by atoms with Crippen LogP contribution in [-0.2, 0) is 10.2 Å². The summed E-state index contributed by atoms with van der Waals surface area (Å²) < 4.78 is 0. The summed E-state index contributed by atoms with van der Waals surface area (Å²) in [5.41, 5.74) is 0.669. The number of halogens is 2. The lowest BCUT2D eigenvalue weighted by Gasteiger charge is -2.35. The fraction of sp³-hybridized carbons (Fsp3) is 0.611. The zero-order valence-corrected chi connectivity index (χ0v) is 15.8. The monoisotopic (exact) mass is 358 g/mol. The van der Waals surface area contributed by atoms with Gasteiger partial charge in [-0.05, 0) is 56.5 Å². The van der Waals surface area contributed by atoms with Crippen LogP contribution in [0.1, 0.15) is 38.7 Å². The zero-order chi connectivity index (χ0) is 16.2. The Hall–Kier alpha value is -0.770. The Morgan fingerprint density at radius 2 is 1.91 bits per heavy atom. The van der Waals surface area contributed by atoms with Gasteiger partial charge < -0.3 is 10.2 Å². The van der Waals surface area contributed by atoms with E-state index in [1.165, 1.54) is 0 Å². The summed E-state index contributed by atoms with van der Waals surface area (Å²) in [6.45, 7) is 6.94. The molecule has 2 rings (SSSR count). The Balaban J connectivity index is 0.00000264. The molecule has 0 saturated carbocycles. The highest BCUT2D eigenvalue weighted by atomic mass is 35.5. The summed E-state index contributed by atoms with van der Waals surface area (Å²) in [6, 6.07) is 7.79. The molecule has 1 N–H and O–H groups in total. The van der Waals surface area contributed by atoms with Gasteiger partial charge in [0.25, 0.3) is 0 Å². The van der Waals surface area contributed by atoms with E-state index in [2.05, 4.69) is 24.1 Å². The highest BCUT2D eigenvalue weighted by molar-refractivity contribution is 6.30. The molecule has 1 aromatic carbocycles. The molecule has 0 bridgehead atoms. The molecule has 1 amide bonds. The summed E-state index contributed by atoms with van der Waals surface area (Å²) in [6.07, 6.45) is 2.73. The molecule has 0 spiro atoms. The number of rotatable bonds is 6. The maximum absolute atomic E-state index is 13.2. The molecule has 23 heavy (non-hydrogen) atoms. The van der Waals surface area contributed by atoms with Crippen molar-refractivity contribution in [2.45, 2.75) is 38.5 Å². The van der Waals surface area contributed by atoms with Crippen LogP contribution in [0.25, 0.3) is 0 Å². The lowest BCUT2D eigenvalue weighted by molar-refractivity contribution is -0.137. The standard InChI is InChI=1S/C18H27ClN2O.ClH/c1-4-18(5-2,15-6-8-16(19)9-7-15)17(22)21-11-10-14(13-21)12-20-3;/h6-9,14,20H,4-5,10-13H2,1-3H3;1H. The summed E-state index contributed by atoms with van der Waals surface area (Å²) in [5.74, 6) is 0.851. The van der Waals surface area contributed by atoms with E-state index in [0.29, 0.717) is 10.9 Å². The van der Waals surface area contributed by atoms with E-state index in [4.69, 9.17) is 11.6 Å². The Kier molecular flexibility index (Phi) is 7.85. The molecular weight excluding hydrogens is 331 g/mol. The van der Waals surface area contributed by atoms with E-state index in [1.807, 2.05) is 31.3 Å². The lowest BCUT2D eigenvalue weighted by Crippen LogP contribution is -2.45. The summed E-state index contributed by atoms with van der Waals surface area (Å²) >= 11 is 6.01. The van der Waals surface area contributed by atoms with Crippen LogP contribution in [-0.4, -0.2) is 37.5 Å². The third kappa shape index (κ3) is 4.20. The molecule has 0 radical (unpaired) electrons. The Labute approximate surface area is 151 Å². The van der Waals surface area contributed by atoms with E-state index in [-0.39, 0.29) is 18.3 Å². The Morgan fingerprint density at radius 1 is 1.30 bits per heavy atom. The molecule has 1 aliphatic heterocycles. The zero-order valence-electron chi connectivity index (χ0n) is 14.3. The molecule has 0 aromatic heterocycles. The van der Waals surface area contributed by atoms with E-state index in [1.54, 1.807) is 0 Å². The van der Waals surface area contributed by atoms with Crippen molar-refractivity contribution in [2.75, 3.05) is 26.7 Å². The van der Waals surface area contributed by atoms with Gasteiger partial charge in [-0.25, -0.2) is 0 Å². The van der Waals surface area contributed by atoms with Crippen LogP contribution in [0, 0.1) is 5.92 Å². The van der Waals surface area contributed by atoms with Crippen LogP contribution in [0.4, 0.5) is 0 Å². The molecule has 130 valence electrons. The normalized spacial score (nSPS) is 17.9. The van der Waals surface area contributed by atoms with E-state index in [0.717, 1.165) is 44.5 Å². The van der Waals surface area contributed by atoms with Crippen LogP contribution in [0.3, 0.4) is 0 Å². The molecule has 1 aromatic rings. The van der Waals surface area contributed by atoms with Crippen molar-refractivity contribution in [3.63, 3.8) is 0 Å². The quantitative estimate of drug-likeness (QED) is 0.836. The fourth-order valence-electron chi connectivity index (χ4n) is 3.63. The first-order valence-electron chi connectivity index (χ1n) is 8.27. The van der Waals surface area contributed by atoms with Crippen molar-refractivity contribution >= 4 is 29.9 Å². The molecule has 1 saturated heterocycles. The van der Waals surface area contributed by atoms with Gasteiger partial charge in [-0.3, -0.25) is 4.79 Å². The van der Waals surface area contributed by atoms with Crippen LogP contribution in [0.5, 0.6) is 0 Å². The number of benzene rings is 1. The highest BCUT2D eigenvalue weighted by Crippen LogP contribution is 2.36. The van der Waals surface area contributed by atoms with Gasteiger partial charge in [0.1, 0.15) is 0 Å². The van der Waals surface area contributed by atoms with Crippen molar-refractivity contribution < 1.29 is 4.79 Å². The van der Waals surface area contributed by atoms with Crippen molar-refractivity contribution in [3.8, 4) is 0 Å². The first kappa shape index (κ1) is 20.3. The molecule has 1 aliphatic rings. The minimum atomic E-state index is -0.418. The molecule has 1 heterocycles. The van der Waals surface area contributed by atoms with Crippen LogP contribution in [0.15, 0.2) is 24.3 Å². The van der Waals surface area contributed by atoms with Gasteiger partial charge in [0.05, 0.1) is 5.41 Å². The number of amides is 1. The summed E-state index contributed by atoms with van der Waals surface area (Å²) in [7, 11) is 1.97. The number of nitrogens with one attached hydrogen (secondary N) is 1. The maximum atomic E-state index is 13.2. The molecule has 1 atom stereocenters. The van der Waals surface area contributed by atoms with Crippen molar-refractivity contribution in [1.82, 2.24) is 10.2 Å². The molecule has 1 fully saturated rings. The first-order chi connectivity index (χ1) is 10.6. The second-order valence-corrected chi connectivity index (χ2v) is 6.70. The maximum Gasteiger partial charge on any atom is 0.233 e. The molecule has 0 aliphatic carbocycles. The number of hydrogen-bond acceptors (Lipinski definition) is 2. The number of hydrogen-bond donors (Lipinski definition) is 1. The Morgan fingerprint density at radius 3 is 2.43 bits per heavy atom. The summed E-state index contributed by atoms with van der Waals surface area (Å²) in [5, 5.41) is 3.94. The van der Waals surface area contributed by atoms with Crippen LogP contribution in [0.2, 0.25) is 5.02 Å². The van der Waals surface area contributed by atoms with E-state index >= 15 is 0 Å². The first-order valence-corrected chi connectivity index (χ1v) is 8.65. The average molecular weight is 359 g/mol. The van der Waals surface area contributed by atoms with Gasteiger partial charge in [-0.2, -0.15) is 0 Å². The van der Waals surface area contributed by atoms with Crippen molar-refractivity contribution in [3.05, 3.63) is 34.9 Å². The topological polar surface area (TPSA) is 32.3 Å². The smallest absolute Gasteiger partial charge is 0.233 e. The molecule has 5 heteroatoms. The van der Waals surface area contributed by atoms with Crippen LogP contribution >= 0.6 is 24.0 Å². The van der Waals surface area contributed by atoms with Gasteiger partial charge in [0.15, 0.2) is 0 Å². The predicted molar refractivity (Wildman–Crippen MR) is 99.6 cm³/mol. The molecule has 1 unspecified atom stereocenters. The summed E-state index contributed by atoms with van der Waals surface area (Å²) in [4.78, 5) is 15.3. The van der Waals surface area contributed by atoms with Crippen LogP contribution < -0.4 is 5.32 Å². The SMILES string of the molecule is CCC(CC)(C(=O)N1CCC(CNC)C1)c1ccc(Cl)cc1.Cl. The number of carbonyl (C=O) groups is 1. The Bertz CT molecular complexity index is 500. The molecular formula is C18H28Cl2N2O. The van der Waals surface area contributed by atoms with Crippen molar-refractivity contribution in [1.29, 1.82) is 0 Å². The average Bonchev–Trinajstić information content (AvgIpc) is 2.99. The third-order valence-corrected chi connectivity index (χ3v) is 5.33. The second kappa shape index (κ2) is 8.91. The highest BCUT2D eigenvalue weighted by Gasteiger charge is 2.41. The van der Waals surface area contributed by atoms with Gasteiger partial charge in [-0.1, -0.05) is 37.6 Å². The second-order valence-electron chi connectivity index (χ2n) is 6.26. The number of carbonyl (C=O) groups excluding carboxylic acids is 1. The fourth-order valence-corrected chi connectivity index (χ4v) is 3.75. The predicted octanol–water partition coefficient (Wildman–Crippen LogP) is 3.89. The van der Waals surface area contributed by atoms with Crippen molar-refractivity contribution in [2.24, 2.45) is 5.92 Å². The van der Waals surface area contributed by atoms with E-state index < -0.39 is 5.41 Å². The molecule has 3 nitrogen and oxygen atoms in total.